The van der Waals surface area contributed by atoms with Gasteiger partial charge in [-0.15, -0.1) is 0 Å². The molecule has 2 N–H and O–H groups in total. The van der Waals surface area contributed by atoms with E-state index in [1.807, 2.05) is 0 Å². The molecule has 1 aromatic rings. The Labute approximate surface area is 121 Å². The Bertz CT molecular complexity index is 472. The number of nitrogens with one attached hydrogen (secondary N) is 2. The van der Waals surface area contributed by atoms with Gasteiger partial charge >= 0.3 is 0 Å². The number of anilines is 2. The highest BCUT2D eigenvalue weighted by molar-refractivity contribution is 5.48. The molecule has 2 bridgehead atoms. The second-order valence-electron chi connectivity index (χ2n) is 6.61. The largest absolute Gasteiger partial charge is 0.370 e. The fourth-order valence-corrected chi connectivity index (χ4v) is 3.68. The van der Waals surface area contributed by atoms with E-state index in [0.29, 0.717) is 12.0 Å². The van der Waals surface area contributed by atoms with E-state index < -0.39 is 0 Å². The average Bonchev–Trinajstić information content (AvgIpc) is 3.01. The van der Waals surface area contributed by atoms with Crippen LogP contribution in [-0.4, -0.2) is 22.6 Å². The van der Waals surface area contributed by atoms with Crippen molar-refractivity contribution in [2.24, 2.45) is 11.8 Å². The number of fused-ring (bicyclic) bond motifs is 2. The molecule has 2 fully saturated rings. The summed E-state index contributed by atoms with van der Waals surface area (Å²) in [5, 5.41) is 6.99. The summed E-state index contributed by atoms with van der Waals surface area (Å²) in [4.78, 5) is 9.28. The lowest BCUT2D eigenvalue weighted by Gasteiger charge is -2.24. The van der Waals surface area contributed by atoms with Crippen LogP contribution in [0.3, 0.4) is 0 Å². The van der Waals surface area contributed by atoms with Gasteiger partial charge in [0.1, 0.15) is 17.5 Å². The molecular formula is C16H26N4. The van der Waals surface area contributed by atoms with Crippen LogP contribution in [0.4, 0.5) is 11.6 Å². The summed E-state index contributed by atoms with van der Waals surface area (Å²) < 4.78 is 0. The van der Waals surface area contributed by atoms with Crippen LogP contribution in [0, 0.1) is 11.8 Å². The van der Waals surface area contributed by atoms with E-state index in [9.17, 15) is 0 Å². The van der Waals surface area contributed by atoms with Crippen molar-refractivity contribution in [2.75, 3.05) is 17.2 Å². The first kappa shape index (κ1) is 13.7. The van der Waals surface area contributed by atoms with E-state index in [0.717, 1.165) is 35.8 Å². The van der Waals surface area contributed by atoms with Gasteiger partial charge < -0.3 is 10.6 Å². The maximum absolute atomic E-state index is 4.70. The number of hydrogen-bond acceptors (Lipinski definition) is 4. The normalized spacial score (nSPS) is 28.1. The van der Waals surface area contributed by atoms with Crippen molar-refractivity contribution in [3.8, 4) is 0 Å². The Kier molecular flexibility index (Phi) is 3.81. The van der Waals surface area contributed by atoms with E-state index in [1.54, 1.807) is 0 Å². The van der Waals surface area contributed by atoms with Gasteiger partial charge in [-0.2, -0.15) is 0 Å². The van der Waals surface area contributed by atoms with Crippen LogP contribution in [0.2, 0.25) is 0 Å². The van der Waals surface area contributed by atoms with Gasteiger partial charge in [-0.3, -0.25) is 0 Å². The van der Waals surface area contributed by atoms with Crippen LogP contribution in [0.15, 0.2) is 6.07 Å². The predicted octanol–water partition coefficient (Wildman–Crippen LogP) is 3.63. The molecule has 3 atom stereocenters. The maximum atomic E-state index is 4.70. The Morgan fingerprint density at radius 3 is 2.60 bits per heavy atom. The fourth-order valence-electron chi connectivity index (χ4n) is 3.68. The molecule has 0 amide bonds. The van der Waals surface area contributed by atoms with Crippen molar-refractivity contribution in [2.45, 2.75) is 58.4 Å². The lowest BCUT2D eigenvalue weighted by Crippen LogP contribution is -2.26. The summed E-state index contributed by atoms with van der Waals surface area (Å²) in [5.74, 6) is 5.04. The van der Waals surface area contributed by atoms with E-state index >= 15 is 0 Å². The molecule has 4 heteroatoms. The third kappa shape index (κ3) is 2.74. The van der Waals surface area contributed by atoms with Gasteiger partial charge in [-0.05, 0) is 38.0 Å². The van der Waals surface area contributed by atoms with Crippen molar-refractivity contribution >= 4 is 11.6 Å². The molecule has 2 aliphatic carbocycles. The lowest BCUT2D eigenvalue weighted by atomic mass is 9.95. The van der Waals surface area contributed by atoms with Crippen molar-refractivity contribution in [3.63, 3.8) is 0 Å². The molecule has 3 unspecified atom stereocenters. The maximum Gasteiger partial charge on any atom is 0.135 e. The van der Waals surface area contributed by atoms with Gasteiger partial charge in [-0.1, -0.05) is 20.3 Å². The zero-order valence-electron chi connectivity index (χ0n) is 12.8. The number of nitrogens with zero attached hydrogens (tertiary/aromatic N) is 2. The van der Waals surface area contributed by atoms with Crippen LogP contribution in [0.5, 0.6) is 0 Å². The molecule has 110 valence electrons. The second-order valence-corrected chi connectivity index (χ2v) is 6.61. The fraction of sp³-hybridized carbons (Fsp3) is 0.750. The standard InChI is InChI=1S/C16H26N4/c1-4-17-14-9-15(20-16(19-14)10(2)3)18-13-8-11-5-6-12(13)7-11/h9-13H,4-8H2,1-3H3,(H2,17,18,19,20). The third-order valence-electron chi connectivity index (χ3n) is 4.69. The second kappa shape index (κ2) is 5.58. The Morgan fingerprint density at radius 2 is 2.00 bits per heavy atom. The summed E-state index contributed by atoms with van der Waals surface area (Å²) in [7, 11) is 0. The molecule has 0 saturated heterocycles. The monoisotopic (exact) mass is 274 g/mol. The van der Waals surface area contributed by atoms with E-state index in [4.69, 9.17) is 4.98 Å². The van der Waals surface area contributed by atoms with Gasteiger partial charge in [0.05, 0.1) is 0 Å². The first-order valence-corrected chi connectivity index (χ1v) is 8.05. The molecule has 3 rings (SSSR count). The first-order chi connectivity index (χ1) is 9.65. The molecule has 2 saturated carbocycles. The van der Waals surface area contributed by atoms with Gasteiger partial charge in [0.25, 0.3) is 0 Å². The Hall–Kier alpha value is -1.32. The van der Waals surface area contributed by atoms with Crippen LogP contribution in [0.1, 0.15) is 58.2 Å². The van der Waals surface area contributed by atoms with Crippen LogP contribution in [0.25, 0.3) is 0 Å². The van der Waals surface area contributed by atoms with E-state index in [2.05, 4.69) is 42.5 Å². The molecule has 1 heterocycles. The van der Waals surface area contributed by atoms with Crippen molar-refractivity contribution in [1.29, 1.82) is 0 Å². The van der Waals surface area contributed by atoms with Gasteiger partial charge in [-0.25, -0.2) is 9.97 Å². The minimum atomic E-state index is 0.356. The zero-order valence-corrected chi connectivity index (χ0v) is 12.8. The van der Waals surface area contributed by atoms with Gasteiger partial charge in [0, 0.05) is 24.6 Å². The van der Waals surface area contributed by atoms with Crippen molar-refractivity contribution < 1.29 is 0 Å². The minimum absolute atomic E-state index is 0.356. The summed E-state index contributed by atoms with van der Waals surface area (Å²) in [6.07, 6.45) is 5.57. The molecule has 0 spiro atoms. The zero-order chi connectivity index (χ0) is 14.1. The van der Waals surface area contributed by atoms with Gasteiger partial charge in [0.2, 0.25) is 0 Å². The molecule has 1 aromatic heterocycles. The Morgan fingerprint density at radius 1 is 1.20 bits per heavy atom. The van der Waals surface area contributed by atoms with E-state index in [1.165, 1.54) is 25.7 Å². The highest BCUT2D eigenvalue weighted by atomic mass is 15.1. The highest BCUT2D eigenvalue weighted by Gasteiger charge is 2.39. The summed E-state index contributed by atoms with van der Waals surface area (Å²) in [6.45, 7) is 7.28. The number of aromatic nitrogens is 2. The summed E-state index contributed by atoms with van der Waals surface area (Å²) in [6, 6.07) is 2.68. The molecule has 0 radical (unpaired) electrons. The topological polar surface area (TPSA) is 49.8 Å². The quantitative estimate of drug-likeness (QED) is 0.861. The van der Waals surface area contributed by atoms with Crippen LogP contribution in [-0.2, 0) is 0 Å². The van der Waals surface area contributed by atoms with Crippen LogP contribution < -0.4 is 10.6 Å². The highest BCUT2D eigenvalue weighted by Crippen LogP contribution is 2.45. The SMILES string of the molecule is CCNc1cc(NC2CC3CCC2C3)nc(C(C)C)n1. The van der Waals surface area contributed by atoms with Crippen molar-refractivity contribution in [1.82, 2.24) is 9.97 Å². The molecular weight excluding hydrogens is 248 g/mol. The summed E-state index contributed by atoms with van der Waals surface area (Å²) in [5.41, 5.74) is 0. The number of rotatable bonds is 5. The summed E-state index contributed by atoms with van der Waals surface area (Å²) >= 11 is 0. The predicted molar refractivity (Wildman–Crippen MR) is 83.1 cm³/mol. The average molecular weight is 274 g/mol. The first-order valence-electron chi connectivity index (χ1n) is 8.05. The molecule has 2 aliphatic rings. The molecule has 0 aliphatic heterocycles. The Balaban J connectivity index is 1.77. The lowest BCUT2D eigenvalue weighted by molar-refractivity contribution is 0.438. The third-order valence-corrected chi connectivity index (χ3v) is 4.69. The van der Waals surface area contributed by atoms with Gasteiger partial charge in [0.15, 0.2) is 0 Å². The van der Waals surface area contributed by atoms with Crippen molar-refractivity contribution in [3.05, 3.63) is 11.9 Å². The van der Waals surface area contributed by atoms with E-state index in [-0.39, 0.29) is 0 Å². The van der Waals surface area contributed by atoms with Crippen LogP contribution >= 0.6 is 0 Å². The molecule has 20 heavy (non-hydrogen) atoms. The molecule has 4 nitrogen and oxygen atoms in total. The number of hydrogen-bond donors (Lipinski definition) is 2. The smallest absolute Gasteiger partial charge is 0.135 e. The minimum Gasteiger partial charge on any atom is -0.370 e. The molecule has 0 aromatic carbocycles.